The molecule has 0 amide bonds. The van der Waals surface area contributed by atoms with Crippen molar-refractivity contribution in [1.82, 2.24) is 0 Å². The molecular formula is C20H28O4. The molecule has 0 bridgehead atoms. The summed E-state index contributed by atoms with van der Waals surface area (Å²) in [4.78, 5) is 12.0. The van der Waals surface area contributed by atoms with Crippen molar-refractivity contribution in [2.45, 2.75) is 83.7 Å². The van der Waals surface area contributed by atoms with Crippen LogP contribution in [0.25, 0.3) is 0 Å². The summed E-state index contributed by atoms with van der Waals surface area (Å²) in [5.41, 5.74) is 3.68. The van der Waals surface area contributed by atoms with Crippen LogP contribution in [0, 0.1) is 0 Å². The average Bonchev–Trinajstić information content (AvgIpc) is 3.10. The number of esters is 1. The van der Waals surface area contributed by atoms with Gasteiger partial charge in [0.05, 0.1) is 17.8 Å². The van der Waals surface area contributed by atoms with Gasteiger partial charge in [-0.3, -0.25) is 0 Å². The van der Waals surface area contributed by atoms with Crippen LogP contribution in [0.1, 0.15) is 59.8 Å². The highest BCUT2D eigenvalue weighted by Gasteiger charge is 2.50. The first kappa shape index (κ1) is 17.4. The number of hydrogen-bond donors (Lipinski definition) is 1. The fourth-order valence-electron chi connectivity index (χ4n) is 3.69. The molecule has 3 aliphatic rings. The minimum absolute atomic E-state index is 0.0202. The van der Waals surface area contributed by atoms with Crippen LogP contribution in [-0.2, 0) is 14.3 Å². The zero-order valence-electron chi connectivity index (χ0n) is 15.1. The lowest BCUT2D eigenvalue weighted by Gasteiger charge is -2.17. The van der Waals surface area contributed by atoms with Crippen molar-refractivity contribution in [3.8, 4) is 0 Å². The van der Waals surface area contributed by atoms with Gasteiger partial charge in [0, 0.05) is 12.0 Å². The molecule has 3 rings (SSSR count). The molecule has 4 heteroatoms. The monoisotopic (exact) mass is 332 g/mol. The molecule has 4 atom stereocenters. The molecule has 2 aliphatic heterocycles. The summed E-state index contributed by atoms with van der Waals surface area (Å²) in [5, 5.41) is 10.5. The van der Waals surface area contributed by atoms with Crippen molar-refractivity contribution in [1.29, 1.82) is 0 Å². The Kier molecular flexibility index (Phi) is 4.71. The first-order valence-electron chi connectivity index (χ1n) is 8.90. The second kappa shape index (κ2) is 6.49. The van der Waals surface area contributed by atoms with Crippen LogP contribution >= 0.6 is 0 Å². The molecule has 0 aromatic rings. The van der Waals surface area contributed by atoms with Gasteiger partial charge in [-0.25, -0.2) is 4.79 Å². The zero-order valence-corrected chi connectivity index (χ0v) is 15.1. The number of rotatable bonds is 0. The van der Waals surface area contributed by atoms with Crippen molar-refractivity contribution in [2.75, 3.05) is 0 Å². The summed E-state index contributed by atoms with van der Waals surface area (Å²) in [6.07, 6.45) is 7.81. The Hall–Kier alpha value is -1.39. The topological polar surface area (TPSA) is 59.1 Å². The second-order valence-corrected chi connectivity index (χ2v) is 7.65. The van der Waals surface area contributed by atoms with E-state index in [1.165, 1.54) is 5.57 Å². The lowest BCUT2D eigenvalue weighted by atomic mass is 9.91. The number of hydrogen-bond acceptors (Lipinski definition) is 4. The van der Waals surface area contributed by atoms with Crippen LogP contribution in [-0.4, -0.2) is 35.0 Å². The Morgan fingerprint density at radius 2 is 2.04 bits per heavy atom. The van der Waals surface area contributed by atoms with Crippen molar-refractivity contribution in [3.05, 3.63) is 34.4 Å². The van der Waals surface area contributed by atoms with Crippen molar-refractivity contribution in [2.24, 2.45) is 0 Å². The van der Waals surface area contributed by atoms with Crippen molar-refractivity contribution in [3.63, 3.8) is 0 Å². The predicted molar refractivity (Wildman–Crippen MR) is 92.5 cm³/mol. The fraction of sp³-hybridized carbons (Fsp3) is 0.650. The van der Waals surface area contributed by atoms with Crippen LogP contribution in [0.5, 0.6) is 0 Å². The molecule has 4 nitrogen and oxygen atoms in total. The van der Waals surface area contributed by atoms with Gasteiger partial charge in [0.2, 0.25) is 0 Å². The molecule has 0 spiro atoms. The highest BCUT2D eigenvalue weighted by molar-refractivity contribution is 5.92. The number of carbonyl (C=O) groups excluding carboxylic acids is 1. The minimum atomic E-state index is -0.577. The maximum Gasteiger partial charge on any atom is 0.334 e. The molecule has 0 aromatic carbocycles. The van der Waals surface area contributed by atoms with E-state index in [1.807, 2.05) is 13.0 Å². The van der Waals surface area contributed by atoms with Crippen molar-refractivity contribution >= 4 is 5.97 Å². The quantitative estimate of drug-likeness (QED) is 0.418. The van der Waals surface area contributed by atoms with E-state index in [0.717, 1.165) is 36.8 Å². The van der Waals surface area contributed by atoms with Gasteiger partial charge in [-0.1, -0.05) is 11.6 Å². The van der Waals surface area contributed by atoms with Gasteiger partial charge >= 0.3 is 5.97 Å². The van der Waals surface area contributed by atoms with Gasteiger partial charge in [0.1, 0.15) is 6.10 Å². The summed E-state index contributed by atoms with van der Waals surface area (Å²) < 4.78 is 11.4. The third-order valence-electron chi connectivity index (χ3n) is 5.68. The molecule has 1 saturated heterocycles. The maximum absolute atomic E-state index is 12.0. The molecular weight excluding hydrogens is 304 g/mol. The summed E-state index contributed by atoms with van der Waals surface area (Å²) in [7, 11) is 0. The molecule has 2 heterocycles. The third kappa shape index (κ3) is 3.50. The van der Waals surface area contributed by atoms with E-state index in [9.17, 15) is 9.90 Å². The Morgan fingerprint density at radius 1 is 1.29 bits per heavy atom. The molecule has 0 saturated carbocycles. The highest BCUT2D eigenvalue weighted by atomic mass is 16.6. The SMILES string of the molecule is CC1=C2C[C@H](O)/C(C)=C/CC[C@]3(C)O[C@H]3CC/C(C)=C/[C@@H]2OC1=O. The first-order valence-corrected chi connectivity index (χ1v) is 8.90. The third-order valence-corrected chi connectivity index (χ3v) is 5.68. The van der Waals surface area contributed by atoms with E-state index in [4.69, 9.17) is 9.47 Å². The number of ether oxygens (including phenoxy) is 2. The standard InChI is InChI=1S/C20H28O4/c1-12-7-8-18-20(4,24-18)9-5-6-13(2)16(21)11-15-14(3)19(22)23-17(15)10-12/h6,10,16-18,21H,5,7-9,11H2,1-4H3/b12-10+,13-6+/t16-,17-,18-,20-/m0/s1. The van der Waals surface area contributed by atoms with Crippen LogP contribution in [0.15, 0.2) is 34.4 Å². The van der Waals surface area contributed by atoms with Crippen LogP contribution in [0.4, 0.5) is 0 Å². The number of fused-ring (bicyclic) bond motifs is 2. The van der Waals surface area contributed by atoms with E-state index in [0.29, 0.717) is 18.1 Å². The van der Waals surface area contributed by atoms with Crippen LogP contribution in [0.2, 0.25) is 0 Å². The Labute approximate surface area is 144 Å². The van der Waals surface area contributed by atoms with Gasteiger partial charge in [-0.2, -0.15) is 0 Å². The lowest BCUT2D eigenvalue weighted by Crippen LogP contribution is -2.17. The zero-order chi connectivity index (χ0) is 17.5. The highest BCUT2D eigenvalue weighted by Crippen LogP contribution is 2.44. The van der Waals surface area contributed by atoms with Gasteiger partial charge in [-0.15, -0.1) is 0 Å². The Balaban J connectivity index is 1.86. The van der Waals surface area contributed by atoms with E-state index >= 15 is 0 Å². The van der Waals surface area contributed by atoms with Gasteiger partial charge in [0.25, 0.3) is 0 Å². The molecule has 24 heavy (non-hydrogen) atoms. The predicted octanol–water partition coefficient (Wildman–Crippen LogP) is 3.60. The number of carbonyl (C=O) groups is 1. The number of allylic oxidation sites excluding steroid dienone is 2. The van der Waals surface area contributed by atoms with Crippen LogP contribution in [0.3, 0.4) is 0 Å². The minimum Gasteiger partial charge on any atom is -0.450 e. The Morgan fingerprint density at radius 3 is 2.79 bits per heavy atom. The number of aliphatic hydroxyl groups is 1. The summed E-state index contributed by atoms with van der Waals surface area (Å²) >= 11 is 0. The molecule has 1 fully saturated rings. The smallest absolute Gasteiger partial charge is 0.334 e. The fourth-order valence-corrected chi connectivity index (χ4v) is 3.69. The van der Waals surface area contributed by atoms with E-state index in [2.05, 4.69) is 19.9 Å². The molecule has 132 valence electrons. The summed E-state index contributed by atoms with van der Waals surface area (Å²) in [6.45, 7) is 7.99. The molecule has 0 aromatic heterocycles. The van der Waals surface area contributed by atoms with E-state index < -0.39 is 6.10 Å². The number of epoxide rings is 1. The average molecular weight is 332 g/mol. The summed E-state index contributed by atoms with van der Waals surface area (Å²) in [6, 6.07) is 0. The molecule has 0 radical (unpaired) electrons. The number of aliphatic hydroxyl groups excluding tert-OH is 1. The van der Waals surface area contributed by atoms with E-state index in [1.54, 1.807) is 6.92 Å². The normalized spacial score (nSPS) is 42.0. The maximum atomic E-state index is 12.0. The second-order valence-electron chi connectivity index (χ2n) is 7.65. The molecule has 1 aliphatic carbocycles. The van der Waals surface area contributed by atoms with Gasteiger partial charge in [-0.05, 0) is 70.6 Å². The lowest BCUT2D eigenvalue weighted by molar-refractivity contribution is -0.138. The van der Waals surface area contributed by atoms with Gasteiger partial charge < -0.3 is 14.6 Å². The van der Waals surface area contributed by atoms with E-state index in [-0.39, 0.29) is 17.7 Å². The largest absolute Gasteiger partial charge is 0.450 e. The Bertz CT molecular complexity index is 628. The molecule has 0 unspecified atom stereocenters. The van der Waals surface area contributed by atoms with Crippen LogP contribution < -0.4 is 0 Å². The van der Waals surface area contributed by atoms with Gasteiger partial charge in [0.15, 0.2) is 0 Å². The first-order chi connectivity index (χ1) is 11.3. The summed E-state index contributed by atoms with van der Waals surface area (Å²) in [5.74, 6) is -0.268. The molecule has 1 N–H and O–H groups in total. The van der Waals surface area contributed by atoms with Crippen molar-refractivity contribution < 1.29 is 19.4 Å².